The molecule has 5 rings (SSSR count). The summed E-state index contributed by atoms with van der Waals surface area (Å²) in [6.45, 7) is 10.1. The van der Waals surface area contributed by atoms with E-state index >= 15 is 0 Å². The number of nitriles is 1. The van der Waals surface area contributed by atoms with Gasteiger partial charge in [-0.1, -0.05) is 49.5 Å². The van der Waals surface area contributed by atoms with E-state index in [1.54, 1.807) is 0 Å². The monoisotopic (exact) mass is 479 g/mol. The van der Waals surface area contributed by atoms with Gasteiger partial charge in [0, 0.05) is 41.4 Å². The van der Waals surface area contributed by atoms with Crippen molar-refractivity contribution < 1.29 is 4.79 Å². The first kappa shape index (κ1) is 24.0. The molecule has 2 heterocycles. The number of anilines is 1. The predicted molar refractivity (Wildman–Crippen MR) is 144 cm³/mol. The summed E-state index contributed by atoms with van der Waals surface area (Å²) in [5, 5.41) is 14.3. The lowest BCUT2D eigenvalue weighted by Crippen LogP contribution is -2.30. The Morgan fingerprint density at radius 1 is 1.31 bits per heavy atom. The molecular formula is C30H33N5O. The van der Waals surface area contributed by atoms with Gasteiger partial charge in [-0.2, -0.15) is 14.9 Å². The molecule has 2 aromatic heterocycles. The third-order valence-electron chi connectivity index (χ3n) is 7.55. The summed E-state index contributed by atoms with van der Waals surface area (Å²) in [7, 11) is 0. The van der Waals surface area contributed by atoms with E-state index in [-0.39, 0.29) is 11.8 Å². The number of rotatable bonds is 8. The Balaban J connectivity index is 1.64. The molecule has 2 atom stereocenters. The molecule has 0 aromatic carbocycles. The molecule has 0 aliphatic heterocycles. The van der Waals surface area contributed by atoms with Crippen LogP contribution in [0.2, 0.25) is 0 Å². The zero-order chi connectivity index (χ0) is 25.2. The van der Waals surface area contributed by atoms with Crippen LogP contribution in [0.15, 0.2) is 53.7 Å². The SMILES string of the molecule is C=Cc1nn2c(N(CCC)CC3=CCC(C#N)C=C3)c3c(nc2c1C1CC=C(C=O)C=C1C)CCC3. The van der Waals surface area contributed by atoms with E-state index < -0.39 is 0 Å². The summed E-state index contributed by atoms with van der Waals surface area (Å²) in [6, 6.07) is 2.34. The van der Waals surface area contributed by atoms with Crippen molar-refractivity contribution in [2.75, 3.05) is 18.0 Å². The van der Waals surface area contributed by atoms with E-state index in [9.17, 15) is 10.1 Å². The number of carbonyl (C=O) groups is 1. The summed E-state index contributed by atoms with van der Waals surface area (Å²) >= 11 is 0. The second kappa shape index (κ2) is 10.1. The largest absolute Gasteiger partial charge is 0.352 e. The Kier molecular flexibility index (Phi) is 6.73. The number of nitrogens with zero attached hydrogens (tertiary/aromatic N) is 5. The van der Waals surface area contributed by atoms with Crippen LogP contribution >= 0.6 is 0 Å². The third-order valence-corrected chi connectivity index (χ3v) is 7.55. The minimum absolute atomic E-state index is 0.0327. The van der Waals surface area contributed by atoms with Crippen LogP contribution < -0.4 is 4.90 Å². The first-order valence-corrected chi connectivity index (χ1v) is 13.0. The average Bonchev–Trinajstić information content (AvgIpc) is 3.51. The van der Waals surface area contributed by atoms with Crippen molar-refractivity contribution >= 4 is 23.8 Å². The molecule has 0 bridgehead atoms. The summed E-state index contributed by atoms with van der Waals surface area (Å²) in [4.78, 5) is 19.0. The van der Waals surface area contributed by atoms with Gasteiger partial charge in [0.15, 0.2) is 5.65 Å². The number of hydrogen-bond donors (Lipinski definition) is 0. The number of hydrogen-bond acceptors (Lipinski definition) is 5. The van der Waals surface area contributed by atoms with Crippen molar-refractivity contribution in [1.82, 2.24) is 14.6 Å². The van der Waals surface area contributed by atoms with Crippen molar-refractivity contribution in [3.8, 4) is 6.07 Å². The van der Waals surface area contributed by atoms with E-state index in [2.05, 4.69) is 48.1 Å². The van der Waals surface area contributed by atoms with Crippen LogP contribution in [0.5, 0.6) is 0 Å². The highest BCUT2D eigenvalue weighted by Gasteiger charge is 2.30. The van der Waals surface area contributed by atoms with Gasteiger partial charge in [-0.25, -0.2) is 4.98 Å². The van der Waals surface area contributed by atoms with Crippen molar-refractivity contribution in [3.63, 3.8) is 0 Å². The lowest BCUT2D eigenvalue weighted by atomic mass is 9.84. The minimum atomic E-state index is -0.0327. The topological polar surface area (TPSA) is 74.3 Å². The lowest BCUT2D eigenvalue weighted by Gasteiger charge is -2.28. The maximum atomic E-state index is 11.4. The molecule has 3 aliphatic rings. The lowest BCUT2D eigenvalue weighted by molar-refractivity contribution is -0.104. The molecule has 0 N–H and O–H groups in total. The summed E-state index contributed by atoms with van der Waals surface area (Å²) < 4.78 is 2.06. The number of allylic oxidation sites excluding steroid dienone is 6. The second-order valence-electron chi connectivity index (χ2n) is 9.98. The van der Waals surface area contributed by atoms with Gasteiger partial charge in [0.2, 0.25) is 0 Å². The van der Waals surface area contributed by atoms with Gasteiger partial charge in [0.25, 0.3) is 0 Å². The summed E-state index contributed by atoms with van der Waals surface area (Å²) in [6.07, 6.45) is 18.7. The Labute approximate surface area is 213 Å². The van der Waals surface area contributed by atoms with Crippen LogP contribution in [0.3, 0.4) is 0 Å². The smallest absolute Gasteiger partial charge is 0.162 e. The average molecular weight is 480 g/mol. The number of aromatic nitrogens is 3. The summed E-state index contributed by atoms with van der Waals surface area (Å²) in [5.41, 5.74) is 8.46. The maximum absolute atomic E-state index is 11.4. The molecule has 2 unspecified atom stereocenters. The molecule has 6 heteroatoms. The van der Waals surface area contributed by atoms with E-state index in [4.69, 9.17) is 10.1 Å². The number of aryl methyl sites for hydroxylation is 1. The molecule has 36 heavy (non-hydrogen) atoms. The fourth-order valence-corrected chi connectivity index (χ4v) is 5.77. The van der Waals surface area contributed by atoms with E-state index in [0.717, 1.165) is 91.8 Å². The molecule has 0 amide bonds. The van der Waals surface area contributed by atoms with Crippen LogP contribution in [-0.4, -0.2) is 34.0 Å². The second-order valence-corrected chi connectivity index (χ2v) is 9.98. The van der Waals surface area contributed by atoms with Crippen molar-refractivity contribution in [2.24, 2.45) is 5.92 Å². The van der Waals surface area contributed by atoms with Crippen LogP contribution in [-0.2, 0) is 17.6 Å². The van der Waals surface area contributed by atoms with Gasteiger partial charge in [-0.05, 0) is 57.1 Å². The van der Waals surface area contributed by atoms with Gasteiger partial charge >= 0.3 is 0 Å². The van der Waals surface area contributed by atoms with Crippen LogP contribution in [0, 0.1) is 17.2 Å². The Morgan fingerprint density at radius 3 is 2.83 bits per heavy atom. The highest BCUT2D eigenvalue weighted by molar-refractivity contribution is 5.79. The first-order chi connectivity index (χ1) is 17.6. The van der Waals surface area contributed by atoms with E-state index in [1.165, 1.54) is 16.8 Å². The van der Waals surface area contributed by atoms with Gasteiger partial charge in [-0.15, -0.1) is 0 Å². The normalized spacial score (nSPS) is 20.9. The first-order valence-electron chi connectivity index (χ1n) is 13.0. The number of carbonyl (C=O) groups excluding carboxylic acids is 1. The summed E-state index contributed by atoms with van der Waals surface area (Å²) in [5.74, 6) is 1.22. The standard InChI is InChI=1S/C30H33N5O/c1-4-15-34(18-22-11-9-21(17-31)10-12-22)30-25-7-6-8-27(25)32-29-28(26(5-2)33-35(29)30)24-14-13-23(19-36)16-20(24)3/h5,9,11-13,16,19,21,24H,2,4,6-8,10,14-15,18H2,1,3H3. The molecule has 0 saturated carbocycles. The molecule has 3 aliphatic carbocycles. The van der Waals surface area contributed by atoms with Gasteiger partial charge in [0.05, 0.1) is 17.7 Å². The Hall–Kier alpha value is -3.72. The zero-order valence-corrected chi connectivity index (χ0v) is 21.2. The zero-order valence-electron chi connectivity index (χ0n) is 21.2. The van der Waals surface area contributed by atoms with Crippen LogP contribution in [0.25, 0.3) is 11.7 Å². The van der Waals surface area contributed by atoms with Crippen LogP contribution in [0.4, 0.5) is 5.82 Å². The molecule has 2 aromatic rings. The molecule has 0 fully saturated rings. The fourth-order valence-electron chi connectivity index (χ4n) is 5.77. The third kappa shape index (κ3) is 4.24. The van der Waals surface area contributed by atoms with Crippen molar-refractivity contribution in [3.05, 3.63) is 76.2 Å². The fraction of sp³-hybridized carbons (Fsp3) is 0.400. The molecule has 6 nitrogen and oxygen atoms in total. The van der Waals surface area contributed by atoms with Gasteiger partial charge in [0.1, 0.15) is 12.1 Å². The Bertz CT molecular complexity index is 1380. The van der Waals surface area contributed by atoms with Crippen LogP contribution in [0.1, 0.15) is 68.0 Å². The number of aldehydes is 1. The quantitative estimate of drug-likeness (QED) is 0.457. The van der Waals surface area contributed by atoms with Gasteiger partial charge < -0.3 is 4.90 Å². The number of fused-ring (bicyclic) bond motifs is 2. The maximum Gasteiger partial charge on any atom is 0.162 e. The molecule has 0 radical (unpaired) electrons. The highest BCUT2D eigenvalue weighted by Crippen LogP contribution is 2.40. The molecular weight excluding hydrogens is 446 g/mol. The molecule has 184 valence electrons. The van der Waals surface area contributed by atoms with Crippen molar-refractivity contribution in [1.29, 1.82) is 5.26 Å². The van der Waals surface area contributed by atoms with Gasteiger partial charge in [-0.3, -0.25) is 4.79 Å². The molecule has 0 saturated heterocycles. The predicted octanol–water partition coefficient (Wildman–Crippen LogP) is 5.66. The highest BCUT2D eigenvalue weighted by atomic mass is 16.1. The Morgan fingerprint density at radius 2 is 2.17 bits per heavy atom. The molecule has 0 spiro atoms. The minimum Gasteiger partial charge on any atom is -0.352 e. The van der Waals surface area contributed by atoms with E-state index in [1.807, 2.05) is 24.3 Å². The van der Waals surface area contributed by atoms with Crippen molar-refractivity contribution in [2.45, 2.75) is 58.3 Å². The van der Waals surface area contributed by atoms with E-state index in [0.29, 0.717) is 0 Å².